The molecule has 0 aliphatic heterocycles. The monoisotopic (exact) mass is 270 g/mol. The van der Waals surface area contributed by atoms with Gasteiger partial charge < -0.3 is 9.63 Å². The van der Waals surface area contributed by atoms with Crippen LogP contribution in [0.1, 0.15) is 10.4 Å². The number of aromatic carboxylic acids is 1. The highest BCUT2D eigenvalue weighted by Gasteiger charge is 2.13. The van der Waals surface area contributed by atoms with Crippen molar-refractivity contribution in [2.45, 2.75) is 0 Å². The van der Waals surface area contributed by atoms with Gasteiger partial charge in [0.05, 0.1) is 5.56 Å². The Morgan fingerprint density at radius 1 is 1.25 bits per heavy atom. The number of hydrogen-bond donors (Lipinski definition) is 1. The van der Waals surface area contributed by atoms with Crippen molar-refractivity contribution in [1.29, 1.82) is 0 Å². The average molecular weight is 270 g/mol. The molecule has 1 N–H and O–H groups in total. The van der Waals surface area contributed by atoms with E-state index in [1.807, 2.05) is 0 Å². The SMILES string of the molecule is Cn1ccc(-c2nc(-c3ccc(C(=O)O)cc3)no2)n1. The number of aromatic nitrogens is 4. The first kappa shape index (κ1) is 12.1. The van der Waals surface area contributed by atoms with E-state index in [9.17, 15) is 4.79 Å². The first-order valence-corrected chi connectivity index (χ1v) is 5.81. The highest BCUT2D eigenvalue weighted by Crippen LogP contribution is 2.21. The van der Waals surface area contributed by atoms with E-state index >= 15 is 0 Å². The summed E-state index contributed by atoms with van der Waals surface area (Å²) in [6, 6.07) is 8.03. The Kier molecular flexibility index (Phi) is 2.79. The molecule has 2 heterocycles. The Morgan fingerprint density at radius 3 is 2.60 bits per heavy atom. The quantitative estimate of drug-likeness (QED) is 0.780. The zero-order valence-electron chi connectivity index (χ0n) is 10.5. The van der Waals surface area contributed by atoms with Gasteiger partial charge in [0.2, 0.25) is 5.82 Å². The molecular formula is C13H10N4O3. The molecule has 100 valence electrons. The maximum atomic E-state index is 10.8. The fraction of sp³-hybridized carbons (Fsp3) is 0.0769. The van der Waals surface area contributed by atoms with Crippen LogP contribution < -0.4 is 0 Å². The molecule has 0 bridgehead atoms. The van der Waals surface area contributed by atoms with E-state index in [1.165, 1.54) is 12.1 Å². The predicted octanol–water partition coefficient (Wildman–Crippen LogP) is 1.84. The highest BCUT2D eigenvalue weighted by atomic mass is 16.5. The van der Waals surface area contributed by atoms with Crippen LogP contribution in [0.3, 0.4) is 0 Å². The topological polar surface area (TPSA) is 94.0 Å². The summed E-state index contributed by atoms with van der Waals surface area (Å²) in [6.07, 6.45) is 1.78. The van der Waals surface area contributed by atoms with Gasteiger partial charge in [-0.25, -0.2) is 4.79 Å². The minimum Gasteiger partial charge on any atom is -0.478 e. The lowest BCUT2D eigenvalue weighted by Crippen LogP contribution is -1.95. The van der Waals surface area contributed by atoms with Crippen LogP contribution in [0.2, 0.25) is 0 Å². The molecule has 7 heteroatoms. The fourth-order valence-electron chi connectivity index (χ4n) is 1.74. The maximum absolute atomic E-state index is 10.8. The number of carboxylic acids is 1. The fourth-order valence-corrected chi connectivity index (χ4v) is 1.74. The Hall–Kier alpha value is -2.96. The molecule has 0 unspecified atom stereocenters. The van der Waals surface area contributed by atoms with Crippen molar-refractivity contribution in [3.05, 3.63) is 42.1 Å². The van der Waals surface area contributed by atoms with Gasteiger partial charge in [-0.3, -0.25) is 4.68 Å². The van der Waals surface area contributed by atoms with Crippen molar-refractivity contribution < 1.29 is 14.4 Å². The Labute approximate surface area is 113 Å². The number of hydrogen-bond acceptors (Lipinski definition) is 5. The van der Waals surface area contributed by atoms with Crippen molar-refractivity contribution >= 4 is 5.97 Å². The third-order valence-corrected chi connectivity index (χ3v) is 2.75. The van der Waals surface area contributed by atoms with Crippen molar-refractivity contribution in [3.8, 4) is 23.0 Å². The highest BCUT2D eigenvalue weighted by molar-refractivity contribution is 5.88. The van der Waals surface area contributed by atoms with Crippen LogP contribution in [0.4, 0.5) is 0 Å². The van der Waals surface area contributed by atoms with Crippen LogP contribution in [-0.4, -0.2) is 31.0 Å². The van der Waals surface area contributed by atoms with Crippen molar-refractivity contribution in [1.82, 2.24) is 19.9 Å². The summed E-state index contributed by atoms with van der Waals surface area (Å²) in [6.45, 7) is 0. The van der Waals surface area contributed by atoms with Gasteiger partial charge >= 0.3 is 5.97 Å². The zero-order valence-corrected chi connectivity index (χ0v) is 10.5. The van der Waals surface area contributed by atoms with E-state index in [0.717, 1.165) is 0 Å². The largest absolute Gasteiger partial charge is 0.478 e. The van der Waals surface area contributed by atoms with Crippen LogP contribution in [0.5, 0.6) is 0 Å². The van der Waals surface area contributed by atoms with E-state index in [2.05, 4.69) is 15.2 Å². The number of carboxylic acid groups (broad SMARTS) is 1. The summed E-state index contributed by atoms with van der Waals surface area (Å²) < 4.78 is 6.78. The molecule has 0 radical (unpaired) electrons. The summed E-state index contributed by atoms with van der Waals surface area (Å²) in [5, 5.41) is 16.9. The van der Waals surface area contributed by atoms with Crippen LogP contribution in [0.15, 0.2) is 41.1 Å². The molecule has 2 aromatic heterocycles. The lowest BCUT2D eigenvalue weighted by molar-refractivity contribution is 0.0697. The Bertz CT molecular complexity index is 758. The molecule has 0 amide bonds. The lowest BCUT2D eigenvalue weighted by atomic mass is 10.1. The molecule has 0 fully saturated rings. The first-order valence-electron chi connectivity index (χ1n) is 5.81. The Morgan fingerprint density at radius 2 is 2.00 bits per heavy atom. The summed E-state index contributed by atoms with van der Waals surface area (Å²) in [7, 11) is 1.80. The normalized spacial score (nSPS) is 10.7. The van der Waals surface area contributed by atoms with Gasteiger partial charge in [0.15, 0.2) is 5.69 Å². The number of rotatable bonds is 3. The van der Waals surface area contributed by atoms with Gasteiger partial charge in [-0.15, -0.1) is 0 Å². The molecule has 0 spiro atoms. The van der Waals surface area contributed by atoms with Gasteiger partial charge in [-0.2, -0.15) is 10.1 Å². The lowest BCUT2D eigenvalue weighted by Gasteiger charge is -1.95. The average Bonchev–Trinajstić information content (AvgIpc) is 3.07. The standard InChI is InChI=1S/C13H10N4O3/c1-17-7-6-10(15-17)12-14-11(16-20-12)8-2-4-9(5-3-8)13(18)19/h2-7H,1H3,(H,18,19). The second kappa shape index (κ2) is 4.61. The van der Waals surface area contributed by atoms with Crippen molar-refractivity contribution in [2.75, 3.05) is 0 Å². The van der Waals surface area contributed by atoms with E-state index in [0.29, 0.717) is 23.0 Å². The summed E-state index contributed by atoms with van der Waals surface area (Å²) >= 11 is 0. The van der Waals surface area contributed by atoms with Gasteiger partial charge in [-0.05, 0) is 18.2 Å². The third kappa shape index (κ3) is 2.16. The number of aryl methyl sites for hydroxylation is 1. The van der Waals surface area contributed by atoms with Crippen molar-refractivity contribution in [2.24, 2.45) is 7.05 Å². The smallest absolute Gasteiger partial charge is 0.335 e. The van der Waals surface area contributed by atoms with Gasteiger partial charge in [0.25, 0.3) is 5.89 Å². The molecule has 0 aliphatic rings. The number of carbonyl (C=O) groups is 1. The molecule has 0 saturated carbocycles. The van der Waals surface area contributed by atoms with Gasteiger partial charge in [0.1, 0.15) is 0 Å². The molecule has 0 aliphatic carbocycles. The van der Waals surface area contributed by atoms with Gasteiger partial charge in [-0.1, -0.05) is 17.3 Å². The van der Waals surface area contributed by atoms with Crippen LogP contribution in [0.25, 0.3) is 23.0 Å². The van der Waals surface area contributed by atoms with E-state index < -0.39 is 5.97 Å². The first-order chi connectivity index (χ1) is 9.63. The number of benzene rings is 1. The zero-order chi connectivity index (χ0) is 14.1. The molecule has 3 rings (SSSR count). The van der Waals surface area contributed by atoms with Crippen LogP contribution in [0, 0.1) is 0 Å². The molecule has 7 nitrogen and oxygen atoms in total. The molecule has 3 aromatic rings. The summed E-state index contributed by atoms with van der Waals surface area (Å²) in [5.41, 5.74) is 1.48. The molecule has 1 aromatic carbocycles. The molecular weight excluding hydrogens is 260 g/mol. The van der Waals surface area contributed by atoms with E-state index in [4.69, 9.17) is 9.63 Å². The molecule has 0 atom stereocenters. The molecule has 20 heavy (non-hydrogen) atoms. The second-order valence-corrected chi connectivity index (χ2v) is 4.18. The third-order valence-electron chi connectivity index (χ3n) is 2.75. The van der Waals surface area contributed by atoms with Crippen LogP contribution >= 0.6 is 0 Å². The summed E-state index contributed by atoms with van der Waals surface area (Å²) in [4.78, 5) is 15.0. The predicted molar refractivity (Wildman–Crippen MR) is 68.9 cm³/mol. The minimum absolute atomic E-state index is 0.210. The Balaban J connectivity index is 1.91. The van der Waals surface area contributed by atoms with E-state index in [1.54, 1.807) is 36.1 Å². The number of nitrogens with zero attached hydrogens (tertiary/aromatic N) is 4. The molecule has 0 saturated heterocycles. The summed E-state index contributed by atoms with van der Waals surface area (Å²) in [5.74, 6) is -0.260. The van der Waals surface area contributed by atoms with Gasteiger partial charge in [0, 0.05) is 18.8 Å². The minimum atomic E-state index is -0.973. The second-order valence-electron chi connectivity index (χ2n) is 4.18. The van der Waals surface area contributed by atoms with Crippen molar-refractivity contribution in [3.63, 3.8) is 0 Å². The van der Waals surface area contributed by atoms with Crippen LogP contribution in [-0.2, 0) is 7.05 Å². The van der Waals surface area contributed by atoms with E-state index in [-0.39, 0.29) is 5.56 Å². The maximum Gasteiger partial charge on any atom is 0.335 e.